The van der Waals surface area contributed by atoms with Gasteiger partial charge >= 0.3 is 0 Å². The Balaban J connectivity index is 1.50. The number of thiazole rings is 1. The number of hydrogen-bond acceptors (Lipinski definition) is 4. The summed E-state index contributed by atoms with van der Waals surface area (Å²) in [5, 5.41) is 1.66. The van der Waals surface area contributed by atoms with Gasteiger partial charge in [0.05, 0.1) is 23.5 Å². The van der Waals surface area contributed by atoms with E-state index in [4.69, 9.17) is 11.6 Å². The Bertz CT molecular complexity index is 796. The zero-order valence-corrected chi connectivity index (χ0v) is 16.6. The second-order valence-corrected chi connectivity index (χ2v) is 8.21. The average Bonchev–Trinajstić information content (AvgIpc) is 2.94. The Hall–Kier alpha value is -1.92. The van der Waals surface area contributed by atoms with Crippen LogP contribution in [0.1, 0.15) is 21.1 Å². The van der Waals surface area contributed by atoms with E-state index in [-0.39, 0.29) is 11.8 Å². The van der Waals surface area contributed by atoms with Crippen molar-refractivity contribution in [2.45, 2.75) is 26.7 Å². The summed E-state index contributed by atoms with van der Waals surface area (Å²) in [6, 6.07) is 7.34. The molecule has 1 aromatic carbocycles. The van der Waals surface area contributed by atoms with Gasteiger partial charge < -0.3 is 9.80 Å². The number of halogens is 1. The Labute approximate surface area is 162 Å². The maximum Gasteiger partial charge on any atom is 0.228 e. The first kappa shape index (κ1) is 18.9. The number of aromatic nitrogens is 1. The quantitative estimate of drug-likeness (QED) is 0.805. The number of amides is 2. The molecule has 7 heteroatoms. The van der Waals surface area contributed by atoms with Crippen LogP contribution in [-0.2, 0) is 22.4 Å². The first-order chi connectivity index (χ1) is 12.4. The van der Waals surface area contributed by atoms with Crippen LogP contribution >= 0.6 is 22.9 Å². The highest BCUT2D eigenvalue weighted by Gasteiger charge is 2.25. The van der Waals surface area contributed by atoms with Crippen LogP contribution in [0.3, 0.4) is 0 Å². The molecule has 1 saturated heterocycles. The van der Waals surface area contributed by atoms with Gasteiger partial charge in [0.2, 0.25) is 11.8 Å². The number of nitrogens with zero attached hydrogens (tertiary/aromatic N) is 3. The maximum absolute atomic E-state index is 12.5. The Kier molecular flexibility index (Phi) is 5.94. The fraction of sp³-hybridized carbons (Fsp3) is 0.421. The molecule has 2 heterocycles. The van der Waals surface area contributed by atoms with Crippen molar-refractivity contribution in [2.24, 2.45) is 0 Å². The molecule has 0 spiro atoms. The predicted octanol–water partition coefficient (Wildman–Crippen LogP) is 2.87. The van der Waals surface area contributed by atoms with Crippen LogP contribution in [0.25, 0.3) is 0 Å². The van der Waals surface area contributed by atoms with E-state index in [1.165, 1.54) is 0 Å². The lowest BCUT2D eigenvalue weighted by molar-refractivity contribution is -0.138. The second kappa shape index (κ2) is 8.18. The molecule has 2 amide bonds. The highest BCUT2D eigenvalue weighted by molar-refractivity contribution is 7.11. The van der Waals surface area contributed by atoms with Crippen LogP contribution in [0.2, 0.25) is 5.02 Å². The molecule has 0 atom stereocenters. The van der Waals surface area contributed by atoms with Gasteiger partial charge in [-0.3, -0.25) is 9.59 Å². The normalized spacial score (nSPS) is 14.6. The lowest BCUT2D eigenvalue weighted by Crippen LogP contribution is -2.51. The summed E-state index contributed by atoms with van der Waals surface area (Å²) in [5.74, 6) is 0.204. The van der Waals surface area contributed by atoms with Crippen molar-refractivity contribution < 1.29 is 9.59 Å². The van der Waals surface area contributed by atoms with Crippen LogP contribution < -0.4 is 0 Å². The summed E-state index contributed by atoms with van der Waals surface area (Å²) >= 11 is 7.46. The Morgan fingerprint density at radius 3 is 2.04 bits per heavy atom. The minimum atomic E-state index is 0.0911. The van der Waals surface area contributed by atoms with Gasteiger partial charge in [-0.05, 0) is 31.5 Å². The summed E-state index contributed by atoms with van der Waals surface area (Å²) in [5.41, 5.74) is 1.89. The highest BCUT2D eigenvalue weighted by atomic mass is 35.5. The monoisotopic (exact) mass is 391 g/mol. The first-order valence-corrected chi connectivity index (χ1v) is 9.84. The summed E-state index contributed by atoms with van der Waals surface area (Å²) in [7, 11) is 0. The van der Waals surface area contributed by atoms with Crippen LogP contribution in [0, 0.1) is 13.8 Å². The number of benzene rings is 1. The summed E-state index contributed by atoms with van der Waals surface area (Å²) in [6.45, 7) is 6.23. The molecule has 1 fully saturated rings. The van der Waals surface area contributed by atoms with Gasteiger partial charge in [0.25, 0.3) is 0 Å². The average molecular weight is 392 g/mol. The largest absolute Gasteiger partial charge is 0.339 e. The van der Waals surface area contributed by atoms with Crippen LogP contribution in [0.4, 0.5) is 0 Å². The predicted molar refractivity (Wildman–Crippen MR) is 104 cm³/mol. The summed E-state index contributed by atoms with van der Waals surface area (Å²) in [4.78, 5) is 34.1. The van der Waals surface area contributed by atoms with Crippen molar-refractivity contribution in [1.29, 1.82) is 0 Å². The minimum Gasteiger partial charge on any atom is -0.339 e. The van der Waals surface area contributed by atoms with Crippen molar-refractivity contribution >= 4 is 34.8 Å². The maximum atomic E-state index is 12.5. The molecule has 1 aromatic heterocycles. The molecule has 3 rings (SSSR count). The number of carbonyl (C=O) groups excluding carboxylic acids is 2. The zero-order chi connectivity index (χ0) is 18.7. The van der Waals surface area contributed by atoms with Crippen LogP contribution in [0.5, 0.6) is 0 Å². The van der Waals surface area contributed by atoms with Crippen molar-refractivity contribution in [3.8, 4) is 0 Å². The molecular formula is C19H22ClN3O2S. The van der Waals surface area contributed by atoms with Gasteiger partial charge in [0.15, 0.2) is 0 Å². The molecule has 0 radical (unpaired) electrons. The van der Waals surface area contributed by atoms with E-state index in [1.807, 2.05) is 35.8 Å². The number of rotatable bonds is 4. The number of hydrogen-bond donors (Lipinski definition) is 0. The highest BCUT2D eigenvalue weighted by Crippen LogP contribution is 2.19. The number of piperazine rings is 1. The first-order valence-electron chi connectivity index (χ1n) is 8.65. The topological polar surface area (TPSA) is 53.5 Å². The lowest BCUT2D eigenvalue weighted by atomic mass is 10.1. The number of carbonyl (C=O) groups is 2. The van der Waals surface area contributed by atoms with Crippen molar-refractivity contribution in [1.82, 2.24) is 14.8 Å². The smallest absolute Gasteiger partial charge is 0.228 e. The summed E-state index contributed by atoms with van der Waals surface area (Å²) < 4.78 is 0. The molecular weight excluding hydrogens is 370 g/mol. The van der Waals surface area contributed by atoms with Crippen molar-refractivity contribution in [3.05, 3.63) is 50.4 Å². The third-order valence-electron chi connectivity index (χ3n) is 4.57. The molecule has 26 heavy (non-hydrogen) atoms. The SMILES string of the molecule is Cc1nc(C)c(CC(=O)N2CCN(C(=O)Cc3ccc(Cl)cc3)CC2)s1. The molecule has 2 aromatic rings. The standard InChI is InChI=1S/C19H22ClN3O2S/c1-13-17(26-14(2)21-13)12-19(25)23-9-7-22(8-10-23)18(24)11-15-3-5-16(20)6-4-15/h3-6H,7-12H2,1-2H3. The lowest BCUT2D eigenvalue weighted by Gasteiger charge is -2.35. The third kappa shape index (κ3) is 4.62. The zero-order valence-electron chi connectivity index (χ0n) is 15.0. The van der Waals surface area contributed by atoms with E-state index >= 15 is 0 Å². The minimum absolute atomic E-state index is 0.0911. The van der Waals surface area contributed by atoms with E-state index in [0.29, 0.717) is 44.0 Å². The van der Waals surface area contributed by atoms with Gasteiger partial charge in [-0.15, -0.1) is 11.3 Å². The molecule has 1 aliphatic heterocycles. The molecule has 0 N–H and O–H groups in total. The van der Waals surface area contributed by atoms with Crippen molar-refractivity contribution in [3.63, 3.8) is 0 Å². The fourth-order valence-electron chi connectivity index (χ4n) is 3.08. The van der Waals surface area contributed by atoms with E-state index in [2.05, 4.69) is 4.98 Å². The Morgan fingerprint density at radius 2 is 1.54 bits per heavy atom. The molecule has 0 unspecified atom stereocenters. The Morgan fingerprint density at radius 1 is 1.00 bits per heavy atom. The molecule has 1 aliphatic rings. The van der Waals surface area contributed by atoms with Gasteiger partial charge in [0.1, 0.15) is 0 Å². The second-order valence-electron chi connectivity index (χ2n) is 6.48. The fourth-order valence-corrected chi connectivity index (χ4v) is 4.13. The molecule has 138 valence electrons. The summed E-state index contributed by atoms with van der Waals surface area (Å²) in [6.07, 6.45) is 0.764. The van der Waals surface area contributed by atoms with Crippen LogP contribution in [0.15, 0.2) is 24.3 Å². The molecule has 0 aliphatic carbocycles. The van der Waals surface area contributed by atoms with Gasteiger partial charge in [-0.1, -0.05) is 23.7 Å². The third-order valence-corrected chi connectivity index (χ3v) is 5.89. The van der Waals surface area contributed by atoms with E-state index in [1.54, 1.807) is 23.5 Å². The van der Waals surface area contributed by atoms with E-state index < -0.39 is 0 Å². The number of aryl methyl sites for hydroxylation is 2. The molecule has 5 nitrogen and oxygen atoms in total. The van der Waals surface area contributed by atoms with Gasteiger partial charge in [-0.25, -0.2) is 4.98 Å². The van der Waals surface area contributed by atoms with E-state index in [9.17, 15) is 9.59 Å². The molecule has 0 saturated carbocycles. The van der Waals surface area contributed by atoms with Gasteiger partial charge in [-0.2, -0.15) is 0 Å². The van der Waals surface area contributed by atoms with Crippen molar-refractivity contribution in [2.75, 3.05) is 26.2 Å². The van der Waals surface area contributed by atoms with E-state index in [0.717, 1.165) is 21.1 Å². The molecule has 0 bridgehead atoms. The van der Waals surface area contributed by atoms with Crippen LogP contribution in [-0.4, -0.2) is 52.8 Å². The van der Waals surface area contributed by atoms with Gasteiger partial charge in [0, 0.05) is 36.1 Å².